The number of nitrogens with zero attached hydrogens (tertiary/aromatic N) is 4. The van der Waals surface area contributed by atoms with Gasteiger partial charge in [-0.3, -0.25) is 0 Å². The zero-order valence-electron chi connectivity index (χ0n) is 13.7. The number of carbonyl (C=O) groups is 1. The number of nitrogens with one attached hydrogen (secondary N) is 1. The molecule has 7 nitrogen and oxygen atoms in total. The highest BCUT2D eigenvalue weighted by Crippen LogP contribution is 2.24. The Hall–Kier alpha value is -1.29. The van der Waals surface area contributed by atoms with Gasteiger partial charge in [0.1, 0.15) is 9.30 Å². The van der Waals surface area contributed by atoms with Crippen LogP contribution in [0.5, 0.6) is 0 Å². The third kappa shape index (κ3) is 3.85. The first-order valence-electron chi connectivity index (χ1n) is 7.67. The molecule has 3 heterocycles. The van der Waals surface area contributed by atoms with Crippen molar-refractivity contribution < 1.29 is 9.53 Å². The second kappa shape index (κ2) is 6.55. The molecule has 0 unspecified atom stereocenters. The number of likely N-dealkylation sites (tertiary alicyclic amines) is 1. The molecular formula is C15H19ClIN5O2. The molecule has 1 aliphatic heterocycles. The zero-order valence-corrected chi connectivity index (χ0v) is 16.6. The van der Waals surface area contributed by atoms with Crippen LogP contribution in [-0.2, 0) is 4.74 Å². The number of aromatic nitrogens is 3. The molecule has 1 N–H and O–H groups in total. The number of rotatable bonds is 2. The lowest BCUT2D eigenvalue weighted by Crippen LogP contribution is -2.36. The fraction of sp³-hybridized carbons (Fsp3) is 0.533. The average Bonchev–Trinajstić information content (AvgIpc) is 3.05. The summed E-state index contributed by atoms with van der Waals surface area (Å²) in [4.78, 5) is 18.2. The third-order valence-corrected chi connectivity index (χ3v) is 4.52. The van der Waals surface area contributed by atoms with Crippen LogP contribution >= 0.6 is 34.2 Å². The SMILES string of the molecule is CC(C)(C)OC(=O)N1CC[C@H](Nc2cc(Cl)nn3c(I)cnc23)C1. The van der Waals surface area contributed by atoms with Crippen molar-refractivity contribution in [1.29, 1.82) is 0 Å². The van der Waals surface area contributed by atoms with E-state index in [4.69, 9.17) is 16.3 Å². The van der Waals surface area contributed by atoms with Gasteiger partial charge in [-0.2, -0.15) is 5.10 Å². The molecule has 0 radical (unpaired) electrons. The van der Waals surface area contributed by atoms with Gasteiger partial charge in [-0.15, -0.1) is 0 Å². The number of anilines is 1. The molecule has 0 aliphatic carbocycles. The Kier molecular flexibility index (Phi) is 4.78. The van der Waals surface area contributed by atoms with Gasteiger partial charge < -0.3 is 15.0 Å². The van der Waals surface area contributed by atoms with Crippen molar-refractivity contribution in [3.05, 3.63) is 21.1 Å². The summed E-state index contributed by atoms with van der Waals surface area (Å²) in [5.74, 6) is 0. The van der Waals surface area contributed by atoms with E-state index in [1.54, 1.807) is 21.7 Å². The number of hydrogen-bond donors (Lipinski definition) is 1. The standard InChI is InChI=1S/C15H19ClIN5O2/c1-15(2,3)24-14(23)21-5-4-9(8-21)19-10-6-11(16)20-22-12(17)7-18-13(10)22/h6-7,9,19H,4-5,8H2,1-3H3/t9-/m0/s1. The van der Waals surface area contributed by atoms with E-state index in [0.29, 0.717) is 18.2 Å². The van der Waals surface area contributed by atoms with Crippen molar-refractivity contribution in [2.75, 3.05) is 18.4 Å². The van der Waals surface area contributed by atoms with Crippen molar-refractivity contribution >= 4 is 51.6 Å². The molecule has 1 aliphatic rings. The van der Waals surface area contributed by atoms with Crippen molar-refractivity contribution in [3.8, 4) is 0 Å². The highest BCUT2D eigenvalue weighted by atomic mass is 127. The molecule has 0 aromatic carbocycles. The van der Waals surface area contributed by atoms with Gasteiger partial charge in [0.15, 0.2) is 10.8 Å². The molecule has 0 bridgehead atoms. The highest BCUT2D eigenvalue weighted by molar-refractivity contribution is 14.1. The van der Waals surface area contributed by atoms with Gasteiger partial charge in [0, 0.05) is 25.2 Å². The monoisotopic (exact) mass is 463 g/mol. The summed E-state index contributed by atoms with van der Waals surface area (Å²) in [6.07, 6.45) is 2.30. The number of ether oxygens (including phenoxy) is 1. The quantitative estimate of drug-likeness (QED) is 0.691. The Morgan fingerprint density at radius 3 is 2.96 bits per heavy atom. The molecule has 1 atom stereocenters. The molecule has 2 aromatic rings. The predicted molar refractivity (Wildman–Crippen MR) is 101 cm³/mol. The van der Waals surface area contributed by atoms with E-state index in [2.05, 4.69) is 38.0 Å². The number of carbonyl (C=O) groups excluding carboxylic acids is 1. The molecule has 0 saturated carbocycles. The predicted octanol–water partition coefficient (Wildman–Crippen LogP) is 3.41. The first-order chi connectivity index (χ1) is 11.2. The van der Waals surface area contributed by atoms with Crippen LogP contribution in [0.25, 0.3) is 5.65 Å². The molecule has 1 amide bonds. The second-order valence-corrected chi connectivity index (χ2v) is 8.25. The fourth-order valence-electron chi connectivity index (χ4n) is 2.61. The molecule has 0 spiro atoms. The Morgan fingerprint density at radius 2 is 2.25 bits per heavy atom. The summed E-state index contributed by atoms with van der Waals surface area (Å²) >= 11 is 8.26. The van der Waals surface area contributed by atoms with E-state index in [-0.39, 0.29) is 12.1 Å². The van der Waals surface area contributed by atoms with E-state index < -0.39 is 5.60 Å². The summed E-state index contributed by atoms with van der Waals surface area (Å²) in [7, 11) is 0. The van der Waals surface area contributed by atoms with E-state index in [1.807, 2.05) is 20.8 Å². The van der Waals surface area contributed by atoms with Crippen molar-refractivity contribution in [2.45, 2.75) is 38.8 Å². The summed E-state index contributed by atoms with van der Waals surface area (Å²) in [6.45, 7) is 6.84. The molecule has 24 heavy (non-hydrogen) atoms. The molecule has 1 saturated heterocycles. The first-order valence-corrected chi connectivity index (χ1v) is 9.13. The number of hydrogen-bond acceptors (Lipinski definition) is 5. The minimum atomic E-state index is -0.486. The van der Waals surface area contributed by atoms with Gasteiger partial charge in [0.05, 0.1) is 11.9 Å². The minimum Gasteiger partial charge on any atom is -0.444 e. The largest absolute Gasteiger partial charge is 0.444 e. The molecule has 130 valence electrons. The van der Waals surface area contributed by atoms with Crippen molar-refractivity contribution in [1.82, 2.24) is 19.5 Å². The molecule has 3 rings (SSSR count). The van der Waals surface area contributed by atoms with E-state index in [9.17, 15) is 4.79 Å². The van der Waals surface area contributed by atoms with Crippen LogP contribution in [0.15, 0.2) is 12.3 Å². The number of halogens is 2. The van der Waals surface area contributed by atoms with Crippen LogP contribution in [0, 0.1) is 3.70 Å². The van der Waals surface area contributed by atoms with Crippen molar-refractivity contribution in [3.63, 3.8) is 0 Å². The summed E-state index contributed by atoms with van der Waals surface area (Å²) in [5.41, 5.74) is 1.05. The third-order valence-electron chi connectivity index (χ3n) is 3.60. The van der Waals surface area contributed by atoms with Gasteiger partial charge in [-0.1, -0.05) is 11.6 Å². The Balaban J connectivity index is 1.71. The summed E-state index contributed by atoms with van der Waals surface area (Å²) in [5, 5.41) is 8.06. The van der Waals surface area contributed by atoms with Gasteiger partial charge in [-0.05, 0) is 49.8 Å². The molecule has 2 aromatic heterocycles. The smallest absolute Gasteiger partial charge is 0.410 e. The van der Waals surface area contributed by atoms with E-state index in [1.165, 1.54) is 0 Å². The van der Waals surface area contributed by atoms with Crippen LogP contribution in [0.4, 0.5) is 10.5 Å². The topological polar surface area (TPSA) is 71.8 Å². The van der Waals surface area contributed by atoms with Gasteiger partial charge in [0.2, 0.25) is 0 Å². The lowest BCUT2D eigenvalue weighted by atomic mass is 10.2. The van der Waals surface area contributed by atoms with Gasteiger partial charge >= 0.3 is 6.09 Å². The maximum atomic E-state index is 12.2. The Labute approximate surface area is 158 Å². The minimum absolute atomic E-state index is 0.120. The lowest BCUT2D eigenvalue weighted by molar-refractivity contribution is 0.0293. The lowest BCUT2D eigenvalue weighted by Gasteiger charge is -2.24. The normalized spacial score (nSPS) is 18.2. The van der Waals surface area contributed by atoms with Gasteiger partial charge in [-0.25, -0.2) is 14.3 Å². The van der Waals surface area contributed by atoms with Crippen molar-refractivity contribution in [2.24, 2.45) is 0 Å². The maximum Gasteiger partial charge on any atom is 0.410 e. The Bertz CT molecular complexity index is 773. The Morgan fingerprint density at radius 1 is 1.50 bits per heavy atom. The zero-order chi connectivity index (χ0) is 17.5. The van der Waals surface area contributed by atoms with E-state index in [0.717, 1.165) is 21.5 Å². The summed E-state index contributed by atoms with van der Waals surface area (Å²) in [6, 6.07) is 1.88. The molecule has 9 heteroatoms. The summed E-state index contributed by atoms with van der Waals surface area (Å²) < 4.78 is 8.01. The second-order valence-electron chi connectivity index (χ2n) is 6.75. The first kappa shape index (κ1) is 17.5. The van der Waals surface area contributed by atoms with Crippen LogP contribution < -0.4 is 5.32 Å². The van der Waals surface area contributed by atoms with Gasteiger partial charge in [0.25, 0.3) is 0 Å². The number of imidazole rings is 1. The van der Waals surface area contributed by atoms with E-state index >= 15 is 0 Å². The molecule has 1 fully saturated rings. The molecular weight excluding hydrogens is 445 g/mol. The number of amides is 1. The maximum absolute atomic E-state index is 12.2. The fourth-order valence-corrected chi connectivity index (χ4v) is 3.27. The van der Waals surface area contributed by atoms with Crippen LogP contribution in [0.2, 0.25) is 5.15 Å². The average molecular weight is 464 g/mol. The van der Waals surface area contributed by atoms with Crippen LogP contribution in [0.3, 0.4) is 0 Å². The van der Waals surface area contributed by atoms with Crippen LogP contribution in [0.1, 0.15) is 27.2 Å². The van der Waals surface area contributed by atoms with Crippen LogP contribution in [-0.4, -0.2) is 50.3 Å². The highest BCUT2D eigenvalue weighted by Gasteiger charge is 2.30. The number of fused-ring (bicyclic) bond motifs is 1.